The SMILES string of the molecule is CN1C[C@H](COc2cc(CNc3cccc4c(N)nccc34)ccn2)OC1=O. The highest BCUT2D eigenvalue weighted by atomic mass is 16.6. The monoisotopic (exact) mass is 379 g/mol. The molecule has 1 aliphatic heterocycles. The van der Waals surface area contributed by atoms with E-state index < -0.39 is 0 Å². The molecule has 0 aliphatic carbocycles. The Kier molecular flexibility index (Phi) is 4.84. The van der Waals surface area contributed by atoms with Crippen molar-refractivity contribution in [1.82, 2.24) is 14.9 Å². The van der Waals surface area contributed by atoms with E-state index in [0.29, 0.717) is 24.8 Å². The number of hydrogen-bond acceptors (Lipinski definition) is 7. The Morgan fingerprint density at radius 1 is 1.25 bits per heavy atom. The van der Waals surface area contributed by atoms with Crippen molar-refractivity contribution in [3.8, 4) is 5.88 Å². The number of cyclic esters (lactones) is 1. The number of nitrogen functional groups attached to an aromatic ring is 1. The standard InChI is InChI=1S/C20H21N5O3/c1-25-11-14(28-20(25)26)12-27-18-9-13(5-7-22-18)10-24-17-4-2-3-16-15(17)6-8-23-19(16)21/h2-9,14,24H,10-12H2,1H3,(H2,21,23)/t14-/m1/s1. The number of carbonyl (C=O) groups excluding carboxylic acids is 1. The fraction of sp³-hybridized carbons (Fsp3) is 0.250. The summed E-state index contributed by atoms with van der Waals surface area (Å²) >= 11 is 0. The average Bonchev–Trinajstić information content (AvgIpc) is 3.03. The summed E-state index contributed by atoms with van der Waals surface area (Å²) in [6.07, 6.45) is 2.79. The molecular formula is C20H21N5O3. The molecule has 1 aliphatic rings. The van der Waals surface area contributed by atoms with Crippen LogP contribution in [0.3, 0.4) is 0 Å². The number of benzene rings is 1. The van der Waals surface area contributed by atoms with Crippen LogP contribution < -0.4 is 15.8 Å². The normalized spacial score (nSPS) is 16.2. The van der Waals surface area contributed by atoms with Gasteiger partial charge in [0.2, 0.25) is 5.88 Å². The van der Waals surface area contributed by atoms with Gasteiger partial charge in [0.05, 0.1) is 6.54 Å². The second-order valence-electron chi connectivity index (χ2n) is 6.65. The Hall–Kier alpha value is -3.55. The van der Waals surface area contributed by atoms with E-state index in [1.807, 2.05) is 36.4 Å². The van der Waals surface area contributed by atoms with Gasteiger partial charge in [0.1, 0.15) is 12.4 Å². The number of likely N-dealkylation sites (N-methyl/N-ethyl adjacent to an activating group) is 1. The lowest BCUT2D eigenvalue weighted by Crippen LogP contribution is -2.23. The van der Waals surface area contributed by atoms with E-state index in [0.717, 1.165) is 22.0 Å². The van der Waals surface area contributed by atoms with Gasteiger partial charge in [0.15, 0.2) is 6.10 Å². The van der Waals surface area contributed by atoms with E-state index >= 15 is 0 Å². The summed E-state index contributed by atoms with van der Waals surface area (Å²) in [5.41, 5.74) is 7.95. The number of pyridine rings is 2. The van der Waals surface area contributed by atoms with Crippen LogP contribution in [0.2, 0.25) is 0 Å². The summed E-state index contributed by atoms with van der Waals surface area (Å²) < 4.78 is 10.9. The van der Waals surface area contributed by atoms with E-state index in [4.69, 9.17) is 15.2 Å². The predicted octanol–water partition coefficient (Wildman–Crippen LogP) is 2.65. The zero-order valence-electron chi connectivity index (χ0n) is 15.5. The van der Waals surface area contributed by atoms with Gasteiger partial charge >= 0.3 is 6.09 Å². The summed E-state index contributed by atoms with van der Waals surface area (Å²) in [5.74, 6) is 1.01. The van der Waals surface area contributed by atoms with Crippen LogP contribution in [0.15, 0.2) is 48.8 Å². The van der Waals surface area contributed by atoms with Crippen LogP contribution in [0.5, 0.6) is 5.88 Å². The topological polar surface area (TPSA) is 103 Å². The summed E-state index contributed by atoms with van der Waals surface area (Å²) in [6.45, 7) is 1.39. The fourth-order valence-electron chi connectivity index (χ4n) is 3.14. The number of rotatable bonds is 6. The van der Waals surface area contributed by atoms with Crippen molar-refractivity contribution >= 4 is 28.4 Å². The van der Waals surface area contributed by atoms with E-state index in [1.54, 1.807) is 19.4 Å². The third-order valence-electron chi connectivity index (χ3n) is 4.59. The molecule has 28 heavy (non-hydrogen) atoms. The molecule has 1 fully saturated rings. The molecule has 1 aromatic carbocycles. The number of fused-ring (bicyclic) bond motifs is 1. The van der Waals surface area contributed by atoms with E-state index in [1.165, 1.54) is 4.90 Å². The number of amides is 1. The summed E-state index contributed by atoms with van der Waals surface area (Å²) in [4.78, 5) is 21.3. The largest absolute Gasteiger partial charge is 0.474 e. The Labute approximate surface area is 162 Å². The molecule has 0 unspecified atom stereocenters. The quantitative estimate of drug-likeness (QED) is 0.679. The lowest BCUT2D eigenvalue weighted by molar-refractivity contribution is 0.101. The van der Waals surface area contributed by atoms with Gasteiger partial charge in [-0.1, -0.05) is 12.1 Å². The first kappa shape index (κ1) is 17.8. The maximum absolute atomic E-state index is 11.4. The van der Waals surface area contributed by atoms with Gasteiger partial charge in [0.25, 0.3) is 0 Å². The molecule has 0 spiro atoms. The van der Waals surface area contributed by atoms with Crippen molar-refractivity contribution in [2.24, 2.45) is 0 Å². The van der Waals surface area contributed by atoms with Crippen molar-refractivity contribution in [3.63, 3.8) is 0 Å². The van der Waals surface area contributed by atoms with E-state index in [2.05, 4.69) is 15.3 Å². The van der Waals surface area contributed by atoms with Crippen LogP contribution in [0.25, 0.3) is 10.8 Å². The molecule has 144 valence electrons. The smallest absolute Gasteiger partial charge is 0.410 e. The third-order valence-corrected chi connectivity index (χ3v) is 4.59. The molecule has 3 N–H and O–H groups in total. The fourth-order valence-corrected chi connectivity index (χ4v) is 3.14. The predicted molar refractivity (Wildman–Crippen MR) is 106 cm³/mol. The zero-order chi connectivity index (χ0) is 19.5. The highest BCUT2D eigenvalue weighted by molar-refractivity contribution is 5.99. The molecule has 8 nitrogen and oxygen atoms in total. The molecule has 1 saturated heterocycles. The second kappa shape index (κ2) is 7.59. The highest BCUT2D eigenvalue weighted by Crippen LogP contribution is 2.26. The minimum atomic E-state index is -0.328. The first-order chi connectivity index (χ1) is 13.6. The first-order valence-electron chi connectivity index (χ1n) is 8.97. The Balaban J connectivity index is 1.40. The minimum absolute atomic E-state index is 0.273. The van der Waals surface area contributed by atoms with Crippen LogP contribution >= 0.6 is 0 Å². The van der Waals surface area contributed by atoms with Crippen LogP contribution in [0, 0.1) is 0 Å². The lowest BCUT2D eigenvalue weighted by Gasteiger charge is -2.12. The first-order valence-corrected chi connectivity index (χ1v) is 8.97. The van der Waals surface area contributed by atoms with Crippen molar-refractivity contribution in [1.29, 1.82) is 0 Å². The van der Waals surface area contributed by atoms with Gasteiger partial charge in [0, 0.05) is 48.5 Å². The molecular weight excluding hydrogens is 358 g/mol. The molecule has 1 amide bonds. The number of aromatic nitrogens is 2. The molecule has 4 rings (SSSR count). The van der Waals surface area contributed by atoms with Crippen molar-refractivity contribution in [3.05, 3.63) is 54.4 Å². The van der Waals surface area contributed by atoms with Crippen LogP contribution in [-0.2, 0) is 11.3 Å². The third kappa shape index (κ3) is 3.75. The Morgan fingerprint density at radius 3 is 2.93 bits per heavy atom. The number of nitrogens with zero attached hydrogens (tertiary/aromatic N) is 3. The summed E-state index contributed by atoms with van der Waals surface area (Å²) in [5, 5.41) is 5.36. The molecule has 0 radical (unpaired) electrons. The van der Waals surface area contributed by atoms with Crippen molar-refractivity contribution in [2.75, 3.05) is 31.2 Å². The maximum Gasteiger partial charge on any atom is 0.410 e. The van der Waals surface area contributed by atoms with Gasteiger partial charge in [-0.05, 0) is 23.8 Å². The van der Waals surface area contributed by atoms with Crippen molar-refractivity contribution < 1.29 is 14.3 Å². The molecule has 2 aromatic heterocycles. The van der Waals surface area contributed by atoms with E-state index in [-0.39, 0.29) is 18.8 Å². The number of carbonyl (C=O) groups is 1. The number of anilines is 2. The van der Waals surface area contributed by atoms with E-state index in [9.17, 15) is 4.79 Å². The van der Waals surface area contributed by atoms with Gasteiger partial charge in [-0.15, -0.1) is 0 Å². The second-order valence-corrected chi connectivity index (χ2v) is 6.65. The Bertz CT molecular complexity index is 1010. The van der Waals surface area contributed by atoms with Gasteiger partial charge < -0.3 is 25.4 Å². The number of nitrogens with one attached hydrogen (secondary N) is 1. The highest BCUT2D eigenvalue weighted by Gasteiger charge is 2.28. The number of nitrogens with two attached hydrogens (primary N) is 1. The number of hydrogen-bond donors (Lipinski definition) is 2. The molecule has 0 saturated carbocycles. The molecule has 3 aromatic rings. The summed E-state index contributed by atoms with van der Waals surface area (Å²) in [7, 11) is 1.70. The summed E-state index contributed by atoms with van der Waals surface area (Å²) in [6, 6.07) is 11.6. The molecule has 3 heterocycles. The van der Waals surface area contributed by atoms with Crippen LogP contribution in [0.4, 0.5) is 16.3 Å². The van der Waals surface area contributed by atoms with Gasteiger partial charge in [-0.2, -0.15) is 0 Å². The minimum Gasteiger partial charge on any atom is -0.474 e. The lowest BCUT2D eigenvalue weighted by atomic mass is 10.1. The Morgan fingerprint density at radius 2 is 2.11 bits per heavy atom. The zero-order valence-corrected chi connectivity index (χ0v) is 15.5. The molecule has 8 heteroatoms. The molecule has 0 bridgehead atoms. The number of ether oxygens (including phenoxy) is 2. The van der Waals surface area contributed by atoms with Crippen molar-refractivity contribution in [2.45, 2.75) is 12.6 Å². The molecule has 1 atom stereocenters. The van der Waals surface area contributed by atoms with Crippen LogP contribution in [-0.4, -0.2) is 47.3 Å². The average molecular weight is 379 g/mol. The van der Waals surface area contributed by atoms with Gasteiger partial charge in [-0.3, -0.25) is 0 Å². The van der Waals surface area contributed by atoms with Crippen LogP contribution in [0.1, 0.15) is 5.56 Å². The van der Waals surface area contributed by atoms with Gasteiger partial charge in [-0.25, -0.2) is 14.8 Å². The maximum atomic E-state index is 11.4.